The van der Waals surface area contributed by atoms with Crippen molar-refractivity contribution in [3.63, 3.8) is 0 Å². The first-order valence-electron chi connectivity index (χ1n) is 4.71. The molecule has 1 aliphatic heterocycles. The number of carbonyl (C=O) groups is 3. The number of esters is 1. The molecule has 1 atom stereocenters. The molecule has 0 unspecified atom stereocenters. The van der Waals surface area contributed by atoms with Crippen molar-refractivity contribution >= 4 is 23.6 Å². The van der Waals surface area contributed by atoms with Gasteiger partial charge in [0.25, 0.3) is 5.78 Å². The highest BCUT2D eigenvalue weighted by molar-refractivity contribution is 6.65. The predicted octanol–water partition coefficient (Wildman–Crippen LogP) is 0.763. The third-order valence-electron chi connectivity index (χ3n) is 2.16. The van der Waals surface area contributed by atoms with Crippen LogP contribution in [0.5, 0.6) is 0 Å². The summed E-state index contributed by atoms with van der Waals surface area (Å²) in [7, 11) is 0. The quantitative estimate of drug-likeness (QED) is 0.541. The van der Waals surface area contributed by atoms with E-state index in [1.807, 2.05) is 30.3 Å². The molecule has 4 nitrogen and oxygen atoms in total. The fourth-order valence-corrected chi connectivity index (χ4v) is 1.34. The van der Waals surface area contributed by atoms with E-state index in [-0.39, 0.29) is 0 Å². The number of ether oxygens (including phenoxy) is 1. The van der Waals surface area contributed by atoms with Gasteiger partial charge in [0, 0.05) is 0 Å². The van der Waals surface area contributed by atoms with Crippen LogP contribution >= 0.6 is 0 Å². The topological polar surface area (TPSA) is 60.4 Å². The zero-order valence-corrected chi connectivity index (χ0v) is 8.25. The first kappa shape index (κ1) is 10.3. The van der Waals surface area contributed by atoms with E-state index in [2.05, 4.69) is 4.74 Å². The van der Waals surface area contributed by atoms with Gasteiger partial charge in [-0.3, -0.25) is 9.59 Å². The normalized spacial score (nSPS) is 20.5. The van der Waals surface area contributed by atoms with Gasteiger partial charge in [-0.05, 0) is 11.6 Å². The largest absolute Gasteiger partial charge is 0.443 e. The molecule has 1 aliphatic rings. The Labute approximate surface area is 91.5 Å². The fourth-order valence-electron chi connectivity index (χ4n) is 1.34. The minimum Gasteiger partial charge on any atom is -0.443 e. The SMILES string of the molecule is O=C1O[C@@H](/C=C/c2ccccc2)C(=O)C1=O. The second-order valence-electron chi connectivity index (χ2n) is 3.29. The molecule has 0 spiro atoms. The Morgan fingerprint density at radius 2 is 1.75 bits per heavy atom. The molecule has 1 saturated heterocycles. The molecule has 0 radical (unpaired) electrons. The van der Waals surface area contributed by atoms with Gasteiger partial charge in [0.15, 0.2) is 6.10 Å². The number of benzene rings is 1. The second kappa shape index (κ2) is 4.10. The monoisotopic (exact) mass is 216 g/mol. The van der Waals surface area contributed by atoms with Crippen LogP contribution in [-0.2, 0) is 19.1 Å². The minimum absolute atomic E-state index is 0.808. The van der Waals surface area contributed by atoms with Gasteiger partial charge in [0.2, 0.25) is 0 Å². The lowest BCUT2D eigenvalue weighted by Crippen LogP contribution is -2.17. The van der Waals surface area contributed by atoms with E-state index in [4.69, 9.17) is 0 Å². The Bertz CT molecular complexity index is 473. The summed E-state index contributed by atoms with van der Waals surface area (Å²) in [6.45, 7) is 0. The molecule has 2 rings (SSSR count). The second-order valence-corrected chi connectivity index (χ2v) is 3.29. The first-order valence-corrected chi connectivity index (χ1v) is 4.71. The van der Waals surface area contributed by atoms with Crippen molar-refractivity contribution in [2.75, 3.05) is 0 Å². The lowest BCUT2D eigenvalue weighted by atomic mass is 10.1. The molecule has 0 amide bonds. The van der Waals surface area contributed by atoms with Crippen LogP contribution in [-0.4, -0.2) is 23.6 Å². The average Bonchev–Trinajstić information content (AvgIpc) is 2.56. The zero-order chi connectivity index (χ0) is 11.5. The van der Waals surface area contributed by atoms with E-state index in [1.165, 1.54) is 6.08 Å². The summed E-state index contributed by atoms with van der Waals surface area (Å²) in [5, 5.41) is 0. The highest BCUT2D eigenvalue weighted by atomic mass is 16.6. The molecule has 1 aromatic carbocycles. The van der Waals surface area contributed by atoms with Crippen LogP contribution < -0.4 is 0 Å². The molecule has 4 heteroatoms. The van der Waals surface area contributed by atoms with Crippen molar-refractivity contribution in [1.82, 2.24) is 0 Å². The van der Waals surface area contributed by atoms with Crippen LogP contribution in [0.1, 0.15) is 5.56 Å². The van der Waals surface area contributed by atoms with Gasteiger partial charge >= 0.3 is 11.8 Å². The Morgan fingerprint density at radius 3 is 2.31 bits per heavy atom. The summed E-state index contributed by atoms with van der Waals surface area (Å²) in [5.74, 6) is -2.97. The molecule has 80 valence electrons. The van der Waals surface area contributed by atoms with Crippen LogP contribution in [0, 0.1) is 0 Å². The number of rotatable bonds is 2. The maximum absolute atomic E-state index is 11.2. The third kappa shape index (κ3) is 1.91. The third-order valence-corrected chi connectivity index (χ3v) is 2.16. The molecular weight excluding hydrogens is 208 g/mol. The molecule has 0 bridgehead atoms. The highest BCUT2D eigenvalue weighted by Gasteiger charge is 2.40. The van der Waals surface area contributed by atoms with E-state index < -0.39 is 23.6 Å². The Morgan fingerprint density at radius 1 is 1.06 bits per heavy atom. The molecule has 0 N–H and O–H groups in total. The van der Waals surface area contributed by atoms with E-state index >= 15 is 0 Å². The molecule has 16 heavy (non-hydrogen) atoms. The van der Waals surface area contributed by atoms with E-state index in [0.29, 0.717) is 0 Å². The van der Waals surface area contributed by atoms with Crippen LogP contribution in [0.3, 0.4) is 0 Å². The number of hydrogen-bond acceptors (Lipinski definition) is 4. The summed E-state index contributed by atoms with van der Waals surface area (Å²) in [6.07, 6.45) is 1.97. The molecule has 1 heterocycles. The van der Waals surface area contributed by atoms with Crippen molar-refractivity contribution in [3.05, 3.63) is 42.0 Å². The van der Waals surface area contributed by atoms with Gasteiger partial charge in [-0.1, -0.05) is 36.4 Å². The Balaban J connectivity index is 2.12. The fraction of sp³-hybridized carbons (Fsp3) is 0.0833. The molecule has 0 aromatic heterocycles. The standard InChI is InChI=1S/C12H8O4/c13-10-9(16-12(15)11(10)14)7-6-8-4-2-1-3-5-8/h1-7,9H/b7-6+/t9-/m0/s1. The van der Waals surface area contributed by atoms with E-state index in [1.54, 1.807) is 6.08 Å². The van der Waals surface area contributed by atoms with Gasteiger partial charge in [-0.2, -0.15) is 0 Å². The summed E-state index contributed by atoms with van der Waals surface area (Å²) in [5.41, 5.74) is 0.866. The maximum Gasteiger partial charge on any atom is 0.384 e. The van der Waals surface area contributed by atoms with Crippen molar-refractivity contribution in [2.24, 2.45) is 0 Å². The number of carbonyl (C=O) groups excluding carboxylic acids is 3. The zero-order valence-electron chi connectivity index (χ0n) is 8.25. The molecular formula is C12H8O4. The van der Waals surface area contributed by atoms with Gasteiger partial charge in [0.1, 0.15) is 0 Å². The van der Waals surface area contributed by atoms with Crippen molar-refractivity contribution in [3.8, 4) is 0 Å². The van der Waals surface area contributed by atoms with Crippen LogP contribution in [0.4, 0.5) is 0 Å². The number of hydrogen-bond donors (Lipinski definition) is 0. The van der Waals surface area contributed by atoms with Crippen LogP contribution in [0.15, 0.2) is 36.4 Å². The van der Waals surface area contributed by atoms with Crippen LogP contribution in [0.2, 0.25) is 0 Å². The summed E-state index contributed by atoms with van der Waals surface area (Å²) >= 11 is 0. The summed E-state index contributed by atoms with van der Waals surface area (Å²) in [6, 6.07) is 9.21. The van der Waals surface area contributed by atoms with Gasteiger partial charge in [-0.15, -0.1) is 0 Å². The van der Waals surface area contributed by atoms with Crippen LogP contribution in [0.25, 0.3) is 6.08 Å². The van der Waals surface area contributed by atoms with Crippen molar-refractivity contribution in [2.45, 2.75) is 6.10 Å². The van der Waals surface area contributed by atoms with Gasteiger partial charge < -0.3 is 4.74 Å². The first-order chi connectivity index (χ1) is 7.68. The Kier molecular flexibility index (Phi) is 2.64. The van der Waals surface area contributed by atoms with Crippen molar-refractivity contribution in [1.29, 1.82) is 0 Å². The minimum atomic E-state index is -1.08. The van der Waals surface area contributed by atoms with Gasteiger partial charge in [0.05, 0.1) is 0 Å². The Hall–Kier alpha value is -2.23. The lowest BCUT2D eigenvalue weighted by Gasteiger charge is -1.98. The molecule has 1 aromatic rings. The van der Waals surface area contributed by atoms with Crippen molar-refractivity contribution < 1.29 is 19.1 Å². The number of ketones is 2. The summed E-state index contributed by atoms with van der Waals surface area (Å²) in [4.78, 5) is 32.8. The van der Waals surface area contributed by atoms with Gasteiger partial charge in [-0.25, -0.2) is 4.79 Å². The molecule has 1 fully saturated rings. The predicted molar refractivity (Wildman–Crippen MR) is 55.4 cm³/mol. The molecule has 0 aliphatic carbocycles. The number of Topliss-reactive ketones (excluding diaryl/α,β-unsaturated/α-hetero) is 2. The maximum atomic E-state index is 11.2. The van der Waals surface area contributed by atoms with E-state index in [9.17, 15) is 14.4 Å². The average molecular weight is 216 g/mol. The smallest absolute Gasteiger partial charge is 0.384 e. The van der Waals surface area contributed by atoms with E-state index in [0.717, 1.165) is 5.56 Å². The number of cyclic esters (lactones) is 1. The lowest BCUT2D eigenvalue weighted by molar-refractivity contribution is -0.148. The molecule has 0 saturated carbocycles. The summed E-state index contributed by atoms with van der Waals surface area (Å²) < 4.78 is 4.58. The highest BCUT2D eigenvalue weighted by Crippen LogP contribution is 2.10.